The number of halogens is 3. The second-order valence-electron chi connectivity index (χ2n) is 13.7. The summed E-state index contributed by atoms with van der Waals surface area (Å²) in [6.07, 6.45) is -5.69. The minimum atomic E-state index is -5.02. The Labute approximate surface area is 296 Å². The van der Waals surface area contributed by atoms with Gasteiger partial charge in [0.15, 0.2) is 6.29 Å². The molecule has 0 radical (unpaired) electrons. The van der Waals surface area contributed by atoms with E-state index in [1.54, 1.807) is 0 Å². The molecule has 2 aliphatic heterocycles. The van der Waals surface area contributed by atoms with Crippen LogP contribution in [0.2, 0.25) is 0 Å². The third kappa shape index (κ3) is 8.28. The summed E-state index contributed by atoms with van der Waals surface area (Å²) in [7, 11) is 2.10. The van der Waals surface area contributed by atoms with E-state index in [-0.39, 0.29) is 50.3 Å². The fourth-order valence-electron chi connectivity index (χ4n) is 7.04. The van der Waals surface area contributed by atoms with Crippen LogP contribution in [-0.4, -0.2) is 65.2 Å². The van der Waals surface area contributed by atoms with Crippen molar-refractivity contribution in [3.8, 4) is 0 Å². The maximum atomic E-state index is 13.0. The van der Waals surface area contributed by atoms with Crippen LogP contribution >= 0.6 is 0 Å². The fraction of sp³-hybridized carbons (Fsp3) is 0.400. The van der Waals surface area contributed by atoms with E-state index in [9.17, 15) is 27.9 Å². The van der Waals surface area contributed by atoms with Crippen molar-refractivity contribution < 1.29 is 37.3 Å². The van der Waals surface area contributed by atoms with Crippen LogP contribution in [0.25, 0.3) is 10.8 Å². The number of nitrogens with zero attached hydrogens (tertiary/aromatic N) is 2. The first-order valence-corrected chi connectivity index (χ1v) is 17.4. The van der Waals surface area contributed by atoms with Gasteiger partial charge in [-0.05, 0) is 65.9 Å². The Morgan fingerprint density at radius 3 is 2.29 bits per heavy atom. The average molecular weight is 704 g/mol. The van der Waals surface area contributed by atoms with Crippen LogP contribution in [-0.2, 0) is 32.2 Å². The summed E-state index contributed by atoms with van der Waals surface area (Å²) in [5.41, 5.74) is 4.51. The van der Waals surface area contributed by atoms with Crippen molar-refractivity contribution in [2.24, 2.45) is 5.92 Å². The molecular weight excluding hydrogens is 659 g/mol. The SMILES string of the molecule is CC1C(CN(C)C(C)c2ccc3ccccc3c2)OC(c2ccc(CNC(=O)C3CCCN3C(=O)C(F)(F)F)cc2)OC1c1ccc(CO)cc1. The third-order valence-corrected chi connectivity index (χ3v) is 10.3. The van der Waals surface area contributed by atoms with Gasteiger partial charge in [0, 0.05) is 37.2 Å². The van der Waals surface area contributed by atoms with E-state index in [4.69, 9.17) is 9.47 Å². The normalized spacial score (nSPS) is 23.1. The predicted octanol–water partition coefficient (Wildman–Crippen LogP) is 6.99. The first kappa shape index (κ1) is 36.5. The number of rotatable bonds is 10. The number of benzene rings is 4. The summed E-state index contributed by atoms with van der Waals surface area (Å²) in [5.74, 6) is -2.61. The van der Waals surface area contributed by atoms with Gasteiger partial charge in [-0.3, -0.25) is 14.5 Å². The molecule has 4 aromatic rings. The molecule has 51 heavy (non-hydrogen) atoms. The number of hydrogen-bond acceptors (Lipinski definition) is 6. The number of likely N-dealkylation sites (N-methyl/N-ethyl adjacent to an activating group) is 1. The monoisotopic (exact) mass is 703 g/mol. The quantitative estimate of drug-likeness (QED) is 0.185. The van der Waals surface area contributed by atoms with Gasteiger partial charge in [-0.2, -0.15) is 13.2 Å². The number of alkyl halides is 3. The van der Waals surface area contributed by atoms with E-state index in [1.165, 1.54) is 16.3 Å². The van der Waals surface area contributed by atoms with Gasteiger partial charge in [0.1, 0.15) is 6.04 Å². The minimum Gasteiger partial charge on any atom is -0.392 e. The number of nitrogens with one attached hydrogen (secondary N) is 1. The van der Waals surface area contributed by atoms with Crippen molar-refractivity contribution in [2.45, 2.75) is 76.6 Å². The molecule has 6 atom stereocenters. The second kappa shape index (κ2) is 15.5. The highest BCUT2D eigenvalue weighted by Crippen LogP contribution is 2.42. The Morgan fingerprint density at radius 2 is 1.61 bits per heavy atom. The Bertz CT molecular complexity index is 1820. The van der Waals surface area contributed by atoms with Crippen molar-refractivity contribution in [3.63, 3.8) is 0 Å². The number of carbonyl (C=O) groups excluding carboxylic acids is 2. The molecular formula is C40H44F3N3O5. The van der Waals surface area contributed by atoms with Crippen molar-refractivity contribution in [2.75, 3.05) is 20.1 Å². The number of aliphatic hydroxyl groups excluding tert-OH is 1. The number of ether oxygens (including phenoxy) is 2. The topological polar surface area (TPSA) is 91.3 Å². The average Bonchev–Trinajstić information content (AvgIpc) is 3.64. The van der Waals surface area contributed by atoms with E-state index >= 15 is 0 Å². The molecule has 0 spiro atoms. The number of hydrogen-bond donors (Lipinski definition) is 2. The van der Waals surface area contributed by atoms with E-state index in [0.717, 1.165) is 22.3 Å². The molecule has 6 rings (SSSR count). The van der Waals surface area contributed by atoms with Crippen molar-refractivity contribution >= 4 is 22.6 Å². The number of fused-ring (bicyclic) bond motifs is 1. The maximum absolute atomic E-state index is 13.0. The molecule has 0 aromatic heterocycles. The largest absolute Gasteiger partial charge is 0.471 e. The van der Waals surface area contributed by atoms with Crippen LogP contribution in [0.15, 0.2) is 91.0 Å². The van der Waals surface area contributed by atoms with Crippen LogP contribution in [0.1, 0.15) is 72.9 Å². The molecule has 2 heterocycles. The minimum absolute atomic E-state index is 0.0126. The Hall–Kier alpha value is -4.29. The molecule has 270 valence electrons. The molecule has 0 bridgehead atoms. The maximum Gasteiger partial charge on any atom is 0.471 e. The summed E-state index contributed by atoms with van der Waals surface area (Å²) in [6.45, 7) is 4.89. The van der Waals surface area contributed by atoms with Crippen LogP contribution in [0.5, 0.6) is 0 Å². The van der Waals surface area contributed by atoms with Crippen LogP contribution in [0.3, 0.4) is 0 Å². The smallest absolute Gasteiger partial charge is 0.392 e. The Morgan fingerprint density at radius 1 is 0.941 bits per heavy atom. The van der Waals surface area contributed by atoms with Gasteiger partial charge < -0.3 is 24.8 Å². The highest BCUT2D eigenvalue weighted by molar-refractivity contribution is 5.90. The van der Waals surface area contributed by atoms with Crippen molar-refractivity contribution in [1.82, 2.24) is 15.1 Å². The van der Waals surface area contributed by atoms with Gasteiger partial charge >= 0.3 is 12.1 Å². The zero-order valence-corrected chi connectivity index (χ0v) is 29.0. The lowest BCUT2D eigenvalue weighted by Crippen LogP contribution is -2.50. The summed E-state index contributed by atoms with van der Waals surface area (Å²) in [5, 5.41) is 14.7. The van der Waals surface area contributed by atoms with Crippen molar-refractivity contribution in [1.29, 1.82) is 0 Å². The van der Waals surface area contributed by atoms with E-state index < -0.39 is 30.3 Å². The number of aliphatic hydroxyl groups is 1. The van der Waals surface area contributed by atoms with Crippen molar-refractivity contribution in [3.05, 3.63) is 119 Å². The van der Waals surface area contributed by atoms with Gasteiger partial charge in [-0.15, -0.1) is 0 Å². The van der Waals surface area contributed by atoms with E-state index in [0.29, 0.717) is 17.9 Å². The van der Waals surface area contributed by atoms with Crippen LogP contribution < -0.4 is 5.32 Å². The zero-order chi connectivity index (χ0) is 36.3. The first-order valence-electron chi connectivity index (χ1n) is 17.4. The first-order chi connectivity index (χ1) is 24.4. The van der Waals surface area contributed by atoms with Gasteiger partial charge in [0.25, 0.3) is 0 Å². The van der Waals surface area contributed by atoms with Gasteiger partial charge in [-0.1, -0.05) is 91.9 Å². The molecule has 6 unspecified atom stereocenters. The lowest BCUT2D eigenvalue weighted by molar-refractivity contribution is -0.276. The lowest BCUT2D eigenvalue weighted by atomic mass is 9.89. The van der Waals surface area contributed by atoms with Crippen LogP contribution in [0.4, 0.5) is 13.2 Å². The number of likely N-dealkylation sites (tertiary alicyclic amines) is 1. The Kier molecular flexibility index (Phi) is 11.1. The predicted molar refractivity (Wildman–Crippen MR) is 187 cm³/mol. The van der Waals surface area contributed by atoms with Gasteiger partial charge in [-0.25, -0.2) is 0 Å². The van der Waals surface area contributed by atoms with Gasteiger partial charge in [0.05, 0.1) is 18.8 Å². The molecule has 2 saturated heterocycles. The number of carbonyl (C=O) groups is 2. The molecule has 8 nitrogen and oxygen atoms in total. The summed E-state index contributed by atoms with van der Waals surface area (Å²) in [6, 6.07) is 28.9. The fourth-order valence-corrected chi connectivity index (χ4v) is 7.04. The van der Waals surface area contributed by atoms with Crippen LogP contribution in [0, 0.1) is 5.92 Å². The molecule has 2 aliphatic rings. The highest BCUT2D eigenvalue weighted by atomic mass is 19.4. The molecule has 11 heteroatoms. The molecule has 4 aromatic carbocycles. The molecule has 2 N–H and O–H groups in total. The Balaban J connectivity index is 1.16. The third-order valence-electron chi connectivity index (χ3n) is 10.3. The lowest BCUT2D eigenvalue weighted by Gasteiger charge is -2.43. The highest BCUT2D eigenvalue weighted by Gasteiger charge is 2.47. The van der Waals surface area contributed by atoms with Gasteiger partial charge in [0.2, 0.25) is 5.91 Å². The molecule has 0 saturated carbocycles. The standard InChI is InChI=1S/C40H44F3N3O5/c1-25-35(23-45(3)26(2)32-19-18-29-7-4-5-8-33(29)21-32)50-38(51-36(25)30-14-12-28(24-47)13-15-30)31-16-10-27(11-17-31)22-44-37(48)34-9-6-20-46(34)39(49)40(41,42)43/h4-5,7-8,10-19,21,25-26,34-36,38,47H,6,9,20,22-24H2,1-3H3,(H,44,48). The molecule has 0 aliphatic carbocycles. The zero-order valence-electron chi connectivity index (χ0n) is 29.0. The second-order valence-corrected chi connectivity index (χ2v) is 13.7. The molecule has 2 fully saturated rings. The summed E-state index contributed by atoms with van der Waals surface area (Å²) in [4.78, 5) is 27.5. The summed E-state index contributed by atoms with van der Waals surface area (Å²) >= 11 is 0. The summed E-state index contributed by atoms with van der Waals surface area (Å²) < 4.78 is 52.4. The van der Waals surface area contributed by atoms with E-state index in [1.807, 2.05) is 60.7 Å². The van der Waals surface area contributed by atoms with E-state index in [2.05, 4.69) is 61.4 Å². The molecule has 2 amide bonds. The number of amides is 2.